The maximum atomic E-state index is 12.3. The molecule has 0 radical (unpaired) electrons. The fraction of sp³-hybridized carbons (Fsp3) is 0.286. The smallest absolute Gasteiger partial charge is 0.253 e. The molecule has 19 heavy (non-hydrogen) atoms. The summed E-state index contributed by atoms with van der Waals surface area (Å²) in [5.74, 6) is 0.415. The zero-order chi connectivity index (χ0) is 13.8. The average molecular weight is 295 g/mol. The van der Waals surface area contributed by atoms with Crippen molar-refractivity contribution in [3.8, 4) is 0 Å². The van der Waals surface area contributed by atoms with Gasteiger partial charge in [0.15, 0.2) is 0 Å². The molecule has 2 rings (SSSR count). The van der Waals surface area contributed by atoms with Crippen molar-refractivity contribution in [1.82, 2.24) is 9.88 Å². The molecular weight excluding hydrogens is 280 g/mol. The average Bonchev–Trinajstić information content (AvgIpc) is 2.83. The highest BCUT2D eigenvalue weighted by Gasteiger charge is 2.14. The summed E-state index contributed by atoms with van der Waals surface area (Å²) in [7, 11) is 1.80. The number of benzene rings is 1. The first kappa shape index (κ1) is 14.0. The van der Waals surface area contributed by atoms with E-state index in [9.17, 15) is 4.79 Å². The molecule has 0 N–H and O–H groups in total. The van der Waals surface area contributed by atoms with Crippen LogP contribution in [0.2, 0.25) is 0 Å². The Kier molecular flexibility index (Phi) is 4.56. The molecule has 1 heterocycles. The zero-order valence-corrected chi connectivity index (χ0v) is 12.5. The molecule has 100 valence electrons. The highest BCUT2D eigenvalue weighted by Crippen LogP contribution is 2.16. The predicted octanol–water partition coefficient (Wildman–Crippen LogP) is 3.46. The number of hydrogen-bond donors (Lipinski definition) is 0. The number of nitrogens with zero attached hydrogens (tertiary/aromatic N) is 2. The summed E-state index contributed by atoms with van der Waals surface area (Å²) in [4.78, 5) is 19.3. The summed E-state index contributed by atoms with van der Waals surface area (Å²) in [6.07, 6.45) is 0. The monoisotopic (exact) mass is 294 g/mol. The summed E-state index contributed by atoms with van der Waals surface area (Å²) < 4.78 is 0. The summed E-state index contributed by atoms with van der Waals surface area (Å²) in [5.41, 5.74) is 4.41. The van der Waals surface area contributed by atoms with Gasteiger partial charge in [0.2, 0.25) is 0 Å². The van der Waals surface area contributed by atoms with Gasteiger partial charge in [-0.2, -0.15) is 0 Å². The molecule has 3 nitrogen and oxygen atoms in total. The minimum absolute atomic E-state index is 0.000216. The van der Waals surface area contributed by atoms with Crippen molar-refractivity contribution in [1.29, 1.82) is 0 Å². The Labute approximate surface area is 121 Å². The molecule has 0 saturated carbocycles. The van der Waals surface area contributed by atoms with Gasteiger partial charge >= 0.3 is 0 Å². The van der Waals surface area contributed by atoms with Gasteiger partial charge in [0.1, 0.15) is 0 Å². The van der Waals surface area contributed by atoms with Gasteiger partial charge in [0, 0.05) is 23.4 Å². The fourth-order valence-electron chi connectivity index (χ4n) is 1.77. The number of carbonyl (C=O) groups is 1. The topological polar surface area (TPSA) is 33.2 Å². The van der Waals surface area contributed by atoms with Gasteiger partial charge in [0.05, 0.1) is 17.7 Å². The first-order chi connectivity index (χ1) is 9.11. The molecule has 0 unspecified atom stereocenters. The summed E-state index contributed by atoms with van der Waals surface area (Å²) >= 11 is 7.36. The van der Waals surface area contributed by atoms with Crippen molar-refractivity contribution in [2.24, 2.45) is 0 Å². The van der Waals surface area contributed by atoms with Crippen LogP contribution < -0.4 is 0 Å². The largest absolute Gasteiger partial charge is 0.336 e. The molecule has 0 aliphatic carbocycles. The molecule has 0 bridgehead atoms. The highest BCUT2D eigenvalue weighted by atomic mass is 35.5. The highest BCUT2D eigenvalue weighted by molar-refractivity contribution is 7.09. The van der Waals surface area contributed by atoms with E-state index in [1.807, 2.05) is 31.2 Å². The van der Waals surface area contributed by atoms with E-state index in [1.165, 1.54) is 0 Å². The lowest BCUT2D eigenvalue weighted by atomic mass is 10.1. The molecule has 1 aromatic heterocycles. The Morgan fingerprint density at radius 2 is 2.26 bits per heavy atom. The molecule has 5 heteroatoms. The third kappa shape index (κ3) is 3.33. The van der Waals surface area contributed by atoms with Crippen molar-refractivity contribution < 1.29 is 4.79 Å². The molecule has 0 saturated heterocycles. The Bertz CT molecular complexity index is 582. The molecule has 2 aromatic rings. The quantitative estimate of drug-likeness (QED) is 0.809. The third-order valence-corrected chi connectivity index (χ3v) is 4.13. The van der Waals surface area contributed by atoms with E-state index >= 15 is 0 Å². The minimum atomic E-state index is -0.000216. The van der Waals surface area contributed by atoms with E-state index in [0.29, 0.717) is 18.0 Å². The van der Waals surface area contributed by atoms with E-state index in [2.05, 4.69) is 4.98 Å². The van der Waals surface area contributed by atoms with Crippen LogP contribution >= 0.6 is 22.9 Å². The molecule has 0 aliphatic rings. The van der Waals surface area contributed by atoms with Crippen LogP contribution in [0.3, 0.4) is 0 Å². The van der Waals surface area contributed by atoms with Gasteiger partial charge in [-0.15, -0.1) is 22.9 Å². The lowest BCUT2D eigenvalue weighted by Gasteiger charge is -2.17. The predicted molar refractivity (Wildman–Crippen MR) is 78.6 cm³/mol. The molecule has 0 aliphatic heterocycles. The normalized spacial score (nSPS) is 10.5. The van der Waals surface area contributed by atoms with Crippen LogP contribution in [-0.4, -0.2) is 22.8 Å². The van der Waals surface area contributed by atoms with Crippen LogP contribution in [0.5, 0.6) is 0 Å². The summed E-state index contributed by atoms with van der Waals surface area (Å²) in [5, 5.41) is 0. The van der Waals surface area contributed by atoms with Gasteiger partial charge in [-0.05, 0) is 24.6 Å². The summed E-state index contributed by atoms with van der Waals surface area (Å²) in [6, 6.07) is 7.42. The van der Waals surface area contributed by atoms with E-state index in [0.717, 1.165) is 16.1 Å². The Balaban J connectivity index is 2.12. The SMILES string of the molecule is Cc1ncsc1CN(C)C(=O)c1cccc(CCl)c1. The Morgan fingerprint density at radius 3 is 2.89 bits per heavy atom. The zero-order valence-electron chi connectivity index (χ0n) is 10.9. The van der Waals surface area contributed by atoms with Gasteiger partial charge in [0.25, 0.3) is 5.91 Å². The number of rotatable bonds is 4. The van der Waals surface area contributed by atoms with Crippen LogP contribution in [0.1, 0.15) is 26.5 Å². The number of thiazole rings is 1. The van der Waals surface area contributed by atoms with E-state index in [1.54, 1.807) is 28.8 Å². The maximum Gasteiger partial charge on any atom is 0.253 e. The third-order valence-electron chi connectivity index (χ3n) is 2.90. The van der Waals surface area contributed by atoms with Gasteiger partial charge in [-0.3, -0.25) is 4.79 Å². The second-order valence-corrected chi connectivity index (χ2v) is 5.56. The number of aryl methyl sites for hydroxylation is 1. The second-order valence-electron chi connectivity index (χ2n) is 4.36. The lowest BCUT2D eigenvalue weighted by molar-refractivity contribution is 0.0786. The number of halogens is 1. The number of hydrogen-bond acceptors (Lipinski definition) is 3. The molecule has 0 fully saturated rings. The van der Waals surface area contributed by atoms with Crippen molar-refractivity contribution in [3.63, 3.8) is 0 Å². The number of aromatic nitrogens is 1. The van der Waals surface area contributed by atoms with Crippen LogP contribution in [0.15, 0.2) is 29.8 Å². The van der Waals surface area contributed by atoms with E-state index in [-0.39, 0.29) is 5.91 Å². The first-order valence-electron chi connectivity index (χ1n) is 5.91. The van der Waals surface area contributed by atoms with Crippen LogP contribution in [0, 0.1) is 6.92 Å². The standard InChI is InChI=1S/C14H15ClN2OS/c1-10-13(19-9-16-10)8-17(2)14(18)12-5-3-4-11(6-12)7-15/h3-6,9H,7-8H2,1-2H3. The molecule has 1 amide bonds. The van der Waals surface area contributed by atoms with E-state index in [4.69, 9.17) is 11.6 Å². The van der Waals surface area contributed by atoms with Gasteiger partial charge in [-0.25, -0.2) is 4.98 Å². The van der Waals surface area contributed by atoms with Crippen LogP contribution in [0.25, 0.3) is 0 Å². The minimum Gasteiger partial charge on any atom is -0.336 e. The number of carbonyl (C=O) groups excluding carboxylic acids is 1. The summed E-state index contributed by atoms with van der Waals surface area (Å²) in [6.45, 7) is 2.54. The molecular formula is C14H15ClN2OS. The van der Waals surface area contributed by atoms with Crippen molar-refractivity contribution in [2.45, 2.75) is 19.3 Å². The lowest BCUT2D eigenvalue weighted by Crippen LogP contribution is -2.26. The van der Waals surface area contributed by atoms with Crippen molar-refractivity contribution >= 4 is 28.8 Å². The number of amides is 1. The first-order valence-corrected chi connectivity index (χ1v) is 7.32. The van der Waals surface area contributed by atoms with Gasteiger partial charge < -0.3 is 4.90 Å². The van der Waals surface area contributed by atoms with E-state index < -0.39 is 0 Å². The van der Waals surface area contributed by atoms with Gasteiger partial charge in [-0.1, -0.05) is 12.1 Å². The molecule has 0 atom stereocenters. The Hall–Kier alpha value is -1.39. The molecule has 1 aromatic carbocycles. The number of alkyl halides is 1. The van der Waals surface area contributed by atoms with Crippen LogP contribution in [-0.2, 0) is 12.4 Å². The van der Waals surface area contributed by atoms with Crippen LogP contribution in [0.4, 0.5) is 0 Å². The van der Waals surface area contributed by atoms with Crippen molar-refractivity contribution in [2.75, 3.05) is 7.05 Å². The molecule has 0 spiro atoms. The maximum absolute atomic E-state index is 12.3. The fourth-order valence-corrected chi connectivity index (χ4v) is 2.77. The Morgan fingerprint density at radius 1 is 1.47 bits per heavy atom. The van der Waals surface area contributed by atoms with Crippen molar-refractivity contribution in [3.05, 3.63) is 51.5 Å². The second kappa shape index (κ2) is 6.17.